The Kier molecular flexibility index (Phi) is 10.2. The second kappa shape index (κ2) is 13.0. The molecular formula is C22H28N2O4. The molecule has 0 spiro atoms. The first-order valence-electron chi connectivity index (χ1n) is 9.28. The van der Waals surface area contributed by atoms with Gasteiger partial charge in [-0.05, 0) is 11.1 Å². The molecule has 0 bridgehead atoms. The molecule has 2 atom stereocenters. The Labute approximate surface area is 166 Å². The van der Waals surface area contributed by atoms with Gasteiger partial charge in [-0.25, -0.2) is 0 Å². The van der Waals surface area contributed by atoms with Crippen LogP contribution in [-0.4, -0.2) is 55.9 Å². The molecule has 0 saturated heterocycles. The largest absolute Gasteiger partial charge is 0.382 e. The number of nitrogens with zero attached hydrogens (tertiary/aromatic N) is 2. The van der Waals surface area contributed by atoms with Gasteiger partial charge in [-0.3, -0.25) is 4.90 Å². The van der Waals surface area contributed by atoms with Gasteiger partial charge in [0.05, 0.1) is 31.9 Å². The van der Waals surface area contributed by atoms with E-state index in [1.165, 1.54) is 0 Å². The molecule has 0 unspecified atom stereocenters. The summed E-state index contributed by atoms with van der Waals surface area (Å²) in [6.45, 7) is 2.37. The predicted octanol–water partition coefficient (Wildman–Crippen LogP) is 2.58. The van der Waals surface area contributed by atoms with E-state index < -0.39 is 12.1 Å². The van der Waals surface area contributed by atoms with Crippen LogP contribution in [0.3, 0.4) is 0 Å². The van der Waals surface area contributed by atoms with E-state index in [2.05, 4.69) is 4.90 Å². The summed E-state index contributed by atoms with van der Waals surface area (Å²) in [7, 11) is 1.61. The number of aliphatic hydroxyl groups is 1. The standard InChI is InChI=1S/C22H28N2O4/c1-26-12-13-27-18-28-17-21(22(25)14-23)24(15-19-8-4-2-5-9-19)16-20-10-6-3-7-11-20/h2-11,21-22,25H,12-13,15-18H2,1H3/t21-,22+/m0/s1. The zero-order valence-electron chi connectivity index (χ0n) is 16.2. The van der Waals surface area contributed by atoms with Gasteiger partial charge in [0.2, 0.25) is 0 Å². The predicted molar refractivity (Wildman–Crippen MR) is 106 cm³/mol. The maximum Gasteiger partial charge on any atom is 0.158 e. The summed E-state index contributed by atoms with van der Waals surface area (Å²) in [6.07, 6.45) is -1.17. The van der Waals surface area contributed by atoms with Crippen LogP contribution in [-0.2, 0) is 27.3 Å². The third kappa shape index (κ3) is 7.77. The minimum atomic E-state index is -1.17. The van der Waals surface area contributed by atoms with Crippen LogP contribution in [0.1, 0.15) is 11.1 Å². The minimum Gasteiger partial charge on any atom is -0.382 e. The highest BCUT2D eigenvalue weighted by molar-refractivity contribution is 5.18. The zero-order chi connectivity index (χ0) is 20.0. The van der Waals surface area contributed by atoms with Crippen molar-refractivity contribution in [2.24, 2.45) is 0 Å². The Hall–Kier alpha value is -2.27. The first-order chi connectivity index (χ1) is 13.7. The first kappa shape index (κ1) is 22.0. The highest BCUT2D eigenvalue weighted by Gasteiger charge is 2.27. The van der Waals surface area contributed by atoms with E-state index in [0.717, 1.165) is 11.1 Å². The quantitative estimate of drug-likeness (QED) is 0.325. The average molecular weight is 384 g/mol. The number of hydrogen-bond donors (Lipinski definition) is 1. The van der Waals surface area contributed by atoms with E-state index >= 15 is 0 Å². The monoisotopic (exact) mass is 384 g/mol. The van der Waals surface area contributed by atoms with Crippen molar-refractivity contribution < 1.29 is 19.3 Å². The number of aliphatic hydroxyl groups excluding tert-OH is 1. The molecule has 0 saturated carbocycles. The van der Waals surface area contributed by atoms with Crippen molar-refractivity contribution in [3.8, 4) is 6.07 Å². The lowest BCUT2D eigenvalue weighted by Crippen LogP contribution is -2.45. The van der Waals surface area contributed by atoms with Crippen molar-refractivity contribution in [2.45, 2.75) is 25.2 Å². The van der Waals surface area contributed by atoms with Gasteiger partial charge in [0.25, 0.3) is 0 Å². The smallest absolute Gasteiger partial charge is 0.158 e. The van der Waals surface area contributed by atoms with Crippen LogP contribution in [0.25, 0.3) is 0 Å². The molecular weight excluding hydrogens is 356 g/mol. The van der Waals surface area contributed by atoms with Gasteiger partial charge in [0, 0.05) is 20.2 Å². The molecule has 2 aromatic carbocycles. The summed E-state index contributed by atoms with van der Waals surface area (Å²) in [6, 6.07) is 21.4. The van der Waals surface area contributed by atoms with Gasteiger partial charge in [-0.15, -0.1) is 0 Å². The van der Waals surface area contributed by atoms with Crippen molar-refractivity contribution in [2.75, 3.05) is 33.7 Å². The lowest BCUT2D eigenvalue weighted by Gasteiger charge is -2.32. The molecule has 0 heterocycles. The molecule has 150 valence electrons. The van der Waals surface area contributed by atoms with Gasteiger partial charge in [-0.1, -0.05) is 60.7 Å². The highest BCUT2D eigenvalue weighted by atomic mass is 16.7. The van der Waals surface area contributed by atoms with Crippen molar-refractivity contribution in [1.29, 1.82) is 5.26 Å². The SMILES string of the molecule is COCCOCOC[C@@H]([C@H](O)C#N)N(Cc1ccccc1)Cc1ccccc1. The van der Waals surface area contributed by atoms with Crippen LogP contribution in [0.15, 0.2) is 60.7 Å². The van der Waals surface area contributed by atoms with Crippen molar-refractivity contribution >= 4 is 0 Å². The van der Waals surface area contributed by atoms with Gasteiger partial charge >= 0.3 is 0 Å². The summed E-state index contributed by atoms with van der Waals surface area (Å²) in [5, 5.41) is 19.7. The van der Waals surface area contributed by atoms with E-state index in [0.29, 0.717) is 26.3 Å². The fourth-order valence-electron chi connectivity index (χ4n) is 2.84. The highest BCUT2D eigenvalue weighted by Crippen LogP contribution is 2.16. The third-order valence-corrected chi connectivity index (χ3v) is 4.31. The van der Waals surface area contributed by atoms with Crippen LogP contribution in [0.2, 0.25) is 0 Å². The van der Waals surface area contributed by atoms with Crippen LogP contribution in [0.5, 0.6) is 0 Å². The van der Waals surface area contributed by atoms with Crippen molar-refractivity contribution in [1.82, 2.24) is 4.90 Å². The molecule has 0 aliphatic carbocycles. The third-order valence-electron chi connectivity index (χ3n) is 4.31. The number of methoxy groups -OCH3 is 1. The Morgan fingerprint density at radius 3 is 2.00 bits per heavy atom. The molecule has 0 aromatic heterocycles. The van der Waals surface area contributed by atoms with E-state index in [4.69, 9.17) is 14.2 Å². The summed E-state index contributed by atoms with van der Waals surface area (Å²) < 4.78 is 15.8. The first-order valence-corrected chi connectivity index (χ1v) is 9.28. The summed E-state index contributed by atoms with van der Waals surface area (Å²) in [5.41, 5.74) is 2.20. The van der Waals surface area contributed by atoms with Gasteiger partial charge in [0.15, 0.2) is 6.10 Å². The number of rotatable bonds is 13. The topological polar surface area (TPSA) is 75.0 Å². The molecule has 6 heteroatoms. The van der Waals surface area contributed by atoms with Crippen LogP contribution >= 0.6 is 0 Å². The number of hydrogen-bond acceptors (Lipinski definition) is 6. The number of nitriles is 1. The van der Waals surface area contributed by atoms with Gasteiger partial charge in [0.1, 0.15) is 6.79 Å². The maximum atomic E-state index is 10.3. The lowest BCUT2D eigenvalue weighted by atomic mass is 10.1. The molecule has 2 aromatic rings. The summed E-state index contributed by atoms with van der Waals surface area (Å²) >= 11 is 0. The van der Waals surface area contributed by atoms with Gasteiger partial charge in [-0.2, -0.15) is 5.26 Å². The average Bonchev–Trinajstić information content (AvgIpc) is 2.74. The molecule has 0 fully saturated rings. The van der Waals surface area contributed by atoms with Crippen molar-refractivity contribution in [3.63, 3.8) is 0 Å². The Balaban J connectivity index is 2.08. The Bertz CT molecular complexity index is 649. The van der Waals surface area contributed by atoms with Crippen LogP contribution < -0.4 is 0 Å². The summed E-state index contributed by atoms with van der Waals surface area (Å²) in [5.74, 6) is 0. The van der Waals surface area contributed by atoms with Crippen molar-refractivity contribution in [3.05, 3.63) is 71.8 Å². The lowest BCUT2D eigenvalue weighted by molar-refractivity contribution is -0.0913. The second-order valence-electron chi connectivity index (χ2n) is 6.41. The molecule has 0 amide bonds. The molecule has 0 radical (unpaired) electrons. The van der Waals surface area contributed by atoms with E-state index in [1.807, 2.05) is 66.7 Å². The zero-order valence-corrected chi connectivity index (χ0v) is 16.2. The normalized spacial score (nSPS) is 13.2. The molecule has 6 nitrogen and oxygen atoms in total. The molecule has 1 N–H and O–H groups in total. The number of ether oxygens (including phenoxy) is 3. The molecule has 0 aliphatic rings. The Morgan fingerprint density at radius 1 is 0.929 bits per heavy atom. The second-order valence-corrected chi connectivity index (χ2v) is 6.41. The molecule has 28 heavy (non-hydrogen) atoms. The van der Waals surface area contributed by atoms with Gasteiger partial charge < -0.3 is 19.3 Å². The van der Waals surface area contributed by atoms with E-state index in [-0.39, 0.29) is 13.4 Å². The fourth-order valence-corrected chi connectivity index (χ4v) is 2.84. The summed E-state index contributed by atoms with van der Waals surface area (Å²) in [4.78, 5) is 2.06. The Morgan fingerprint density at radius 2 is 1.50 bits per heavy atom. The minimum absolute atomic E-state index is 0.0858. The molecule has 2 rings (SSSR count). The fraction of sp³-hybridized carbons (Fsp3) is 0.409. The van der Waals surface area contributed by atoms with Crippen LogP contribution in [0, 0.1) is 11.3 Å². The van der Waals surface area contributed by atoms with E-state index in [1.54, 1.807) is 7.11 Å². The maximum absolute atomic E-state index is 10.3. The number of benzene rings is 2. The van der Waals surface area contributed by atoms with E-state index in [9.17, 15) is 10.4 Å². The van der Waals surface area contributed by atoms with Crippen LogP contribution in [0.4, 0.5) is 0 Å². The molecule has 0 aliphatic heterocycles.